The second kappa shape index (κ2) is 9.21. The third-order valence-corrected chi connectivity index (χ3v) is 4.30. The molecule has 5 nitrogen and oxygen atoms in total. The number of hydrogen-bond acceptors (Lipinski definition) is 4. The van der Waals surface area contributed by atoms with E-state index in [4.69, 9.17) is 15.7 Å². The van der Waals surface area contributed by atoms with Gasteiger partial charge in [-0.05, 0) is 36.4 Å². The van der Waals surface area contributed by atoms with E-state index in [0.29, 0.717) is 23.3 Å². The molecule has 0 aliphatic carbocycles. The molecule has 32 heavy (non-hydrogen) atoms. The molecule has 0 bridgehead atoms. The summed E-state index contributed by atoms with van der Waals surface area (Å²) in [6.45, 7) is 4.82. The molecule has 0 amide bonds. The first-order valence-corrected chi connectivity index (χ1v) is 9.10. The van der Waals surface area contributed by atoms with Crippen molar-refractivity contribution in [3.8, 4) is 17.2 Å². The summed E-state index contributed by atoms with van der Waals surface area (Å²) in [7, 11) is 0. The molecule has 168 valence electrons. The van der Waals surface area contributed by atoms with Crippen molar-refractivity contribution in [2.75, 3.05) is 24.6 Å². The van der Waals surface area contributed by atoms with Gasteiger partial charge in [-0.2, -0.15) is 26.3 Å². The highest BCUT2D eigenvalue weighted by molar-refractivity contribution is 5.62. The summed E-state index contributed by atoms with van der Waals surface area (Å²) >= 11 is 0. The average Bonchev–Trinajstić information content (AvgIpc) is 3.26. The van der Waals surface area contributed by atoms with Crippen molar-refractivity contribution in [3.05, 3.63) is 71.9 Å². The number of ether oxygens (including phenoxy) is 1. The summed E-state index contributed by atoms with van der Waals surface area (Å²) in [4.78, 5) is 7.51. The normalized spacial score (nSPS) is 11.8. The minimum absolute atomic E-state index is 0.222. The topological polar surface area (TPSA) is 42.9 Å². The molecular weight excluding hydrogens is 440 g/mol. The van der Waals surface area contributed by atoms with Crippen LogP contribution in [0.3, 0.4) is 0 Å². The van der Waals surface area contributed by atoms with Crippen molar-refractivity contribution >= 4 is 11.4 Å². The lowest BCUT2D eigenvalue weighted by molar-refractivity contribution is -0.136. The van der Waals surface area contributed by atoms with Crippen molar-refractivity contribution in [3.63, 3.8) is 0 Å². The van der Waals surface area contributed by atoms with Crippen LogP contribution >= 0.6 is 0 Å². The second-order valence-electron chi connectivity index (χ2n) is 6.56. The molecule has 0 fully saturated rings. The highest BCUT2D eigenvalue weighted by Crippen LogP contribution is 2.39. The number of nitrogens with zero attached hydrogens (tertiary/aromatic N) is 3. The summed E-state index contributed by atoms with van der Waals surface area (Å²) in [5.74, 6) is 0.739. The van der Waals surface area contributed by atoms with E-state index in [1.165, 1.54) is 12.5 Å². The van der Waals surface area contributed by atoms with Crippen molar-refractivity contribution in [1.29, 1.82) is 0 Å². The van der Waals surface area contributed by atoms with Gasteiger partial charge < -0.3 is 14.1 Å². The van der Waals surface area contributed by atoms with E-state index in [1.54, 1.807) is 24.3 Å². The SMILES string of the molecule is [C-]#[N+]c1ccc(N(CCOc2ccc(-c3ncco3)cc2)CC(F)(F)F)cc1C(F)(F)F. The third-order valence-electron chi connectivity index (χ3n) is 4.30. The Bertz CT molecular complexity index is 1070. The fraction of sp³-hybridized carbons (Fsp3) is 0.238. The minimum atomic E-state index is -4.87. The molecule has 0 unspecified atom stereocenters. The summed E-state index contributed by atoms with van der Waals surface area (Å²) in [5, 5.41) is 0. The summed E-state index contributed by atoms with van der Waals surface area (Å²) in [5.41, 5.74) is -1.62. The van der Waals surface area contributed by atoms with Crippen LogP contribution in [0.1, 0.15) is 5.56 Å². The van der Waals surface area contributed by atoms with Gasteiger partial charge in [0.1, 0.15) is 25.2 Å². The molecule has 0 saturated heterocycles. The van der Waals surface area contributed by atoms with Gasteiger partial charge in [-0.1, -0.05) is 6.07 Å². The van der Waals surface area contributed by atoms with Gasteiger partial charge in [0, 0.05) is 11.3 Å². The summed E-state index contributed by atoms with van der Waals surface area (Å²) < 4.78 is 89.3. The van der Waals surface area contributed by atoms with Gasteiger partial charge in [0.25, 0.3) is 0 Å². The Morgan fingerprint density at radius 2 is 1.75 bits per heavy atom. The maximum absolute atomic E-state index is 13.2. The molecule has 0 aliphatic rings. The van der Waals surface area contributed by atoms with Crippen LogP contribution in [0.25, 0.3) is 16.3 Å². The molecule has 0 aliphatic heterocycles. The first kappa shape index (κ1) is 23.0. The molecule has 2 aromatic carbocycles. The Morgan fingerprint density at radius 3 is 2.31 bits per heavy atom. The molecule has 3 aromatic rings. The number of anilines is 1. The predicted octanol–water partition coefficient (Wildman–Crippen LogP) is 6.36. The smallest absolute Gasteiger partial charge is 0.407 e. The van der Waals surface area contributed by atoms with E-state index in [0.717, 1.165) is 17.0 Å². The summed E-state index contributed by atoms with van der Waals surface area (Å²) in [6.07, 6.45) is -6.65. The van der Waals surface area contributed by atoms with Gasteiger partial charge in [-0.3, -0.25) is 0 Å². The van der Waals surface area contributed by atoms with Gasteiger partial charge in [0.05, 0.1) is 24.9 Å². The zero-order chi connectivity index (χ0) is 23.4. The lowest BCUT2D eigenvalue weighted by Gasteiger charge is -2.27. The Kier molecular flexibility index (Phi) is 6.62. The standard InChI is InChI=1S/C21H15F6N3O2/c1-28-18-7-4-15(12-17(18)21(25,26)27)30(13-20(22,23)24)9-11-31-16-5-2-14(3-6-16)19-29-8-10-32-19/h2-8,10,12H,9,11,13H2. The molecule has 0 saturated carbocycles. The number of aromatic nitrogens is 1. The van der Waals surface area contributed by atoms with Gasteiger partial charge in [-0.15, -0.1) is 0 Å². The zero-order valence-corrected chi connectivity index (χ0v) is 16.2. The van der Waals surface area contributed by atoms with E-state index in [-0.39, 0.29) is 18.8 Å². The van der Waals surface area contributed by atoms with Crippen LogP contribution in [-0.4, -0.2) is 30.9 Å². The van der Waals surface area contributed by atoms with Gasteiger partial charge in [0.15, 0.2) is 5.69 Å². The molecule has 1 aromatic heterocycles. The highest BCUT2D eigenvalue weighted by Gasteiger charge is 2.35. The fourth-order valence-electron chi connectivity index (χ4n) is 2.89. The van der Waals surface area contributed by atoms with E-state index < -0.39 is 30.1 Å². The highest BCUT2D eigenvalue weighted by atomic mass is 19.4. The minimum Gasteiger partial charge on any atom is -0.492 e. The molecule has 3 rings (SSSR count). The monoisotopic (exact) mass is 455 g/mol. The van der Waals surface area contributed by atoms with Crippen LogP contribution in [0.4, 0.5) is 37.7 Å². The lowest BCUT2D eigenvalue weighted by atomic mass is 10.1. The Morgan fingerprint density at radius 1 is 1.03 bits per heavy atom. The Balaban J connectivity index is 1.73. The third kappa shape index (κ3) is 5.94. The number of benzene rings is 2. The average molecular weight is 455 g/mol. The molecular formula is C21H15F6N3O2. The van der Waals surface area contributed by atoms with E-state index >= 15 is 0 Å². The number of rotatable bonds is 7. The van der Waals surface area contributed by atoms with E-state index in [2.05, 4.69) is 9.83 Å². The zero-order valence-electron chi connectivity index (χ0n) is 16.2. The van der Waals surface area contributed by atoms with Crippen LogP contribution in [0.15, 0.2) is 59.3 Å². The number of halogens is 6. The van der Waals surface area contributed by atoms with Gasteiger partial charge in [0.2, 0.25) is 5.89 Å². The van der Waals surface area contributed by atoms with Crippen LogP contribution in [-0.2, 0) is 6.18 Å². The number of alkyl halides is 6. The summed E-state index contributed by atoms with van der Waals surface area (Å²) in [6, 6.07) is 8.89. The first-order valence-electron chi connectivity index (χ1n) is 9.10. The lowest BCUT2D eigenvalue weighted by Crippen LogP contribution is -2.37. The largest absolute Gasteiger partial charge is 0.492 e. The van der Waals surface area contributed by atoms with Crippen molar-refractivity contribution in [2.24, 2.45) is 0 Å². The maximum atomic E-state index is 13.2. The molecule has 1 heterocycles. The predicted molar refractivity (Wildman–Crippen MR) is 103 cm³/mol. The van der Waals surface area contributed by atoms with E-state index in [1.807, 2.05) is 0 Å². The Labute approximate surface area is 178 Å². The molecule has 0 radical (unpaired) electrons. The van der Waals surface area contributed by atoms with Crippen molar-refractivity contribution in [1.82, 2.24) is 4.98 Å². The van der Waals surface area contributed by atoms with Crippen LogP contribution in [0.2, 0.25) is 0 Å². The second-order valence-corrected chi connectivity index (χ2v) is 6.56. The number of hydrogen-bond donors (Lipinski definition) is 0. The number of oxazole rings is 1. The molecule has 0 N–H and O–H groups in total. The molecule has 0 spiro atoms. The molecule has 11 heteroatoms. The van der Waals surface area contributed by atoms with Crippen molar-refractivity contribution in [2.45, 2.75) is 12.4 Å². The van der Waals surface area contributed by atoms with Crippen LogP contribution < -0.4 is 9.64 Å². The maximum Gasteiger partial charge on any atom is 0.407 e. The fourth-order valence-corrected chi connectivity index (χ4v) is 2.89. The van der Waals surface area contributed by atoms with E-state index in [9.17, 15) is 26.3 Å². The Hall–Kier alpha value is -3.68. The van der Waals surface area contributed by atoms with Gasteiger partial charge in [-0.25, -0.2) is 9.83 Å². The molecule has 0 atom stereocenters. The van der Waals surface area contributed by atoms with Crippen molar-refractivity contribution < 1.29 is 35.5 Å². The first-order chi connectivity index (χ1) is 15.1. The van der Waals surface area contributed by atoms with Gasteiger partial charge >= 0.3 is 12.4 Å². The van der Waals surface area contributed by atoms with Crippen LogP contribution in [0.5, 0.6) is 5.75 Å². The quantitative estimate of drug-likeness (QED) is 0.307. The van der Waals surface area contributed by atoms with Crippen LogP contribution in [0, 0.1) is 6.57 Å².